The summed E-state index contributed by atoms with van der Waals surface area (Å²) in [4.78, 5) is 33.5. The zero-order valence-corrected chi connectivity index (χ0v) is 16.6. The van der Waals surface area contributed by atoms with Gasteiger partial charge in [0.05, 0.1) is 7.11 Å². The van der Waals surface area contributed by atoms with Gasteiger partial charge in [0.25, 0.3) is 0 Å². The fourth-order valence-electron chi connectivity index (χ4n) is 3.90. The predicted octanol–water partition coefficient (Wildman–Crippen LogP) is 3.87. The average Bonchev–Trinajstić information content (AvgIpc) is 3.34. The standard InChI is InChI=1S/C18H19ClN4O3S/c1-11-8-20-15(27-11)21-16(24)23-10-18(5-6-22(9-18)17(25)26-2)13-7-12(19)3-4-14(13)23/h3-4,7-8H,5-6,9-10H2,1-2H3,(H,20,21,24). The van der Waals surface area contributed by atoms with E-state index >= 15 is 0 Å². The van der Waals surface area contributed by atoms with Crippen LogP contribution in [0, 0.1) is 6.92 Å². The van der Waals surface area contributed by atoms with Crippen molar-refractivity contribution in [3.05, 3.63) is 39.9 Å². The topological polar surface area (TPSA) is 74.8 Å². The number of anilines is 2. The van der Waals surface area contributed by atoms with Crippen molar-refractivity contribution in [2.24, 2.45) is 0 Å². The molecule has 4 rings (SSSR count). The van der Waals surface area contributed by atoms with E-state index in [0.29, 0.717) is 29.8 Å². The number of methoxy groups -OCH3 is 1. The first-order valence-corrected chi connectivity index (χ1v) is 9.75. The molecule has 3 heterocycles. The molecule has 7 nitrogen and oxygen atoms in total. The first-order chi connectivity index (χ1) is 12.9. The smallest absolute Gasteiger partial charge is 0.409 e. The molecule has 2 aromatic rings. The van der Waals surface area contributed by atoms with Gasteiger partial charge in [0, 0.05) is 46.8 Å². The summed E-state index contributed by atoms with van der Waals surface area (Å²) in [6.45, 7) is 3.49. The summed E-state index contributed by atoms with van der Waals surface area (Å²) in [6, 6.07) is 5.31. The molecule has 142 valence electrons. The third kappa shape index (κ3) is 3.12. The number of carbonyl (C=O) groups is 2. The Labute approximate surface area is 165 Å². The highest BCUT2D eigenvalue weighted by molar-refractivity contribution is 7.15. The van der Waals surface area contributed by atoms with Gasteiger partial charge in [0.1, 0.15) is 0 Å². The van der Waals surface area contributed by atoms with Crippen LogP contribution in [-0.2, 0) is 10.2 Å². The van der Waals surface area contributed by atoms with Gasteiger partial charge >= 0.3 is 12.1 Å². The van der Waals surface area contributed by atoms with Crippen molar-refractivity contribution >= 4 is 45.9 Å². The normalized spacial score (nSPS) is 20.9. The minimum atomic E-state index is -0.350. The number of hydrogen-bond donors (Lipinski definition) is 1. The quantitative estimate of drug-likeness (QED) is 0.780. The molecule has 1 spiro atoms. The molecule has 1 aromatic heterocycles. The lowest BCUT2D eigenvalue weighted by Crippen LogP contribution is -2.41. The number of amides is 3. The monoisotopic (exact) mass is 406 g/mol. The lowest BCUT2D eigenvalue weighted by Gasteiger charge is -2.25. The van der Waals surface area contributed by atoms with Crippen LogP contribution >= 0.6 is 22.9 Å². The number of urea groups is 1. The molecule has 2 aliphatic rings. The maximum atomic E-state index is 12.9. The van der Waals surface area contributed by atoms with Crippen molar-refractivity contribution in [3.63, 3.8) is 0 Å². The van der Waals surface area contributed by atoms with E-state index in [2.05, 4.69) is 10.3 Å². The van der Waals surface area contributed by atoms with Crippen LogP contribution in [0.15, 0.2) is 24.4 Å². The molecule has 1 fully saturated rings. The molecule has 1 unspecified atom stereocenters. The van der Waals surface area contributed by atoms with Gasteiger partial charge in [-0.15, -0.1) is 11.3 Å². The van der Waals surface area contributed by atoms with E-state index in [1.807, 2.05) is 19.1 Å². The number of hydrogen-bond acceptors (Lipinski definition) is 5. The number of thiazole rings is 1. The number of rotatable bonds is 1. The van der Waals surface area contributed by atoms with Gasteiger partial charge in [-0.1, -0.05) is 11.6 Å². The molecular formula is C18H19ClN4O3S. The number of aryl methyl sites for hydroxylation is 1. The molecule has 1 N–H and O–H groups in total. The van der Waals surface area contributed by atoms with Gasteiger partial charge in [-0.05, 0) is 37.1 Å². The number of ether oxygens (including phenoxy) is 1. The van der Waals surface area contributed by atoms with Crippen molar-refractivity contribution < 1.29 is 14.3 Å². The van der Waals surface area contributed by atoms with Crippen LogP contribution in [0.2, 0.25) is 5.02 Å². The van der Waals surface area contributed by atoms with Gasteiger partial charge in [-0.3, -0.25) is 10.2 Å². The maximum Gasteiger partial charge on any atom is 0.409 e. The third-order valence-corrected chi connectivity index (χ3v) is 6.21. The predicted molar refractivity (Wildman–Crippen MR) is 105 cm³/mol. The Balaban J connectivity index is 1.64. The number of nitrogens with one attached hydrogen (secondary N) is 1. The zero-order chi connectivity index (χ0) is 19.2. The molecule has 27 heavy (non-hydrogen) atoms. The Morgan fingerprint density at radius 2 is 2.19 bits per heavy atom. The minimum Gasteiger partial charge on any atom is -0.453 e. The number of carbonyl (C=O) groups excluding carboxylic acids is 2. The van der Waals surface area contributed by atoms with Gasteiger partial charge in [-0.2, -0.15) is 0 Å². The summed E-state index contributed by atoms with van der Waals surface area (Å²) < 4.78 is 4.87. The second-order valence-corrected chi connectivity index (χ2v) is 8.55. The van der Waals surface area contributed by atoms with Crippen molar-refractivity contribution in [1.82, 2.24) is 9.88 Å². The highest BCUT2D eigenvalue weighted by Crippen LogP contribution is 2.47. The van der Waals surface area contributed by atoms with Gasteiger partial charge in [0.15, 0.2) is 5.13 Å². The van der Waals surface area contributed by atoms with Crippen LogP contribution in [0.3, 0.4) is 0 Å². The fraction of sp³-hybridized carbons (Fsp3) is 0.389. The summed E-state index contributed by atoms with van der Waals surface area (Å²) in [6.07, 6.45) is 2.12. The zero-order valence-electron chi connectivity index (χ0n) is 15.0. The van der Waals surface area contributed by atoms with Crippen LogP contribution in [0.25, 0.3) is 0 Å². The van der Waals surface area contributed by atoms with Crippen LogP contribution in [0.1, 0.15) is 16.9 Å². The van der Waals surface area contributed by atoms with Crippen molar-refractivity contribution in [2.75, 3.05) is 37.0 Å². The highest BCUT2D eigenvalue weighted by Gasteiger charge is 2.50. The second-order valence-electron chi connectivity index (χ2n) is 6.88. The number of likely N-dealkylation sites (tertiary alicyclic amines) is 1. The summed E-state index contributed by atoms with van der Waals surface area (Å²) in [5.41, 5.74) is 1.47. The second kappa shape index (κ2) is 6.69. The van der Waals surface area contributed by atoms with Crippen LogP contribution in [0.4, 0.5) is 20.4 Å². The van der Waals surface area contributed by atoms with E-state index in [-0.39, 0.29) is 17.5 Å². The van der Waals surface area contributed by atoms with Crippen LogP contribution in [-0.4, -0.2) is 48.8 Å². The molecule has 0 bridgehead atoms. The van der Waals surface area contributed by atoms with Crippen molar-refractivity contribution in [1.29, 1.82) is 0 Å². The third-order valence-electron chi connectivity index (χ3n) is 5.15. The molecular weight excluding hydrogens is 388 g/mol. The van der Waals surface area contributed by atoms with Crippen LogP contribution in [0.5, 0.6) is 0 Å². The molecule has 1 saturated heterocycles. The molecule has 0 radical (unpaired) electrons. The lowest BCUT2D eigenvalue weighted by molar-refractivity contribution is 0.131. The van der Waals surface area contributed by atoms with Crippen molar-refractivity contribution in [3.8, 4) is 0 Å². The van der Waals surface area contributed by atoms with Crippen LogP contribution < -0.4 is 10.2 Å². The number of nitrogens with zero attached hydrogens (tertiary/aromatic N) is 3. The summed E-state index contributed by atoms with van der Waals surface area (Å²) in [5, 5.41) is 4.05. The minimum absolute atomic E-state index is 0.235. The molecule has 1 atom stereocenters. The summed E-state index contributed by atoms with van der Waals surface area (Å²) in [7, 11) is 1.38. The number of aromatic nitrogens is 1. The highest BCUT2D eigenvalue weighted by atomic mass is 35.5. The molecule has 0 saturated carbocycles. The number of benzene rings is 1. The van der Waals surface area contributed by atoms with E-state index in [0.717, 1.165) is 22.5 Å². The first-order valence-electron chi connectivity index (χ1n) is 8.56. The Morgan fingerprint density at radius 3 is 2.89 bits per heavy atom. The number of halogens is 1. The SMILES string of the molecule is COC(=O)N1CCC2(C1)CN(C(=O)Nc1ncc(C)s1)c1ccc(Cl)cc12. The Morgan fingerprint density at radius 1 is 1.37 bits per heavy atom. The summed E-state index contributed by atoms with van der Waals surface area (Å²) in [5.74, 6) is 0. The van der Waals surface area contributed by atoms with Gasteiger partial charge in [-0.25, -0.2) is 14.6 Å². The van der Waals surface area contributed by atoms with E-state index < -0.39 is 0 Å². The van der Waals surface area contributed by atoms with E-state index in [1.54, 1.807) is 22.1 Å². The Hall–Kier alpha value is -2.32. The molecule has 9 heteroatoms. The summed E-state index contributed by atoms with van der Waals surface area (Å²) >= 11 is 7.67. The van der Waals surface area contributed by atoms with Gasteiger partial charge in [0.2, 0.25) is 0 Å². The van der Waals surface area contributed by atoms with E-state index in [4.69, 9.17) is 16.3 Å². The molecule has 1 aromatic carbocycles. The first kappa shape index (κ1) is 18.1. The molecule has 3 amide bonds. The average molecular weight is 407 g/mol. The Kier molecular flexibility index (Phi) is 4.47. The van der Waals surface area contributed by atoms with E-state index in [9.17, 15) is 9.59 Å². The maximum absolute atomic E-state index is 12.9. The fourth-order valence-corrected chi connectivity index (χ4v) is 4.73. The number of fused-ring (bicyclic) bond motifs is 2. The largest absolute Gasteiger partial charge is 0.453 e. The molecule has 2 aliphatic heterocycles. The molecule has 0 aliphatic carbocycles. The van der Waals surface area contributed by atoms with Gasteiger partial charge < -0.3 is 9.64 Å². The lowest BCUT2D eigenvalue weighted by atomic mass is 9.81. The van der Waals surface area contributed by atoms with E-state index in [1.165, 1.54) is 18.4 Å². The Bertz CT molecular complexity index is 918. The van der Waals surface area contributed by atoms with Crippen molar-refractivity contribution in [2.45, 2.75) is 18.8 Å².